The Morgan fingerprint density at radius 3 is 2.65 bits per heavy atom. The number of fused-ring (bicyclic) bond motifs is 1. The predicted octanol–water partition coefficient (Wildman–Crippen LogP) is 5.78. The van der Waals surface area contributed by atoms with Crippen molar-refractivity contribution in [3.05, 3.63) is 57.2 Å². The van der Waals surface area contributed by atoms with Crippen molar-refractivity contribution in [1.82, 2.24) is 20.1 Å². The Balaban J connectivity index is 1.65. The van der Waals surface area contributed by atoms with E-state index in [9.17, 15) is 9.70 Å². The molecule has 0 saturated heterocycles. The molecule has 34 heavy (non-hydrogen) atoms. The molecule has 1 aromatic carbocycles. The number of anilines is 1. The van der Waals surface area contributed by atoms with Gasteiger partial charge in [0.1, 0.15) is 0 Å². The second-order valence-electron chi connectivity index (χ2n) is 8.94. The topological polar surface area (TPSA) is 101 Å². The zero-order valence-corrected chi connectivity index (χ0v) is 20.6. The highest BCUT2D eigenvalue weighted by Crippen LogP contribution is 2.31. The van der Waals surface area contributed by atoms with Crippen LogP contribution in [0.4, 0.5) is 5.69 Å². The van der Waals surface area contributed by atoms with Crippen LogP contribution in [-0.2, 0) is 6.54 Å². The lowest BCUT2D eigenvalue weighted by molar-refractivity contribution is 0.0936. The smallest absolute Gasteiger partial charge is 0.255 e. The van der Waals surface area contributed by atoms with Crippen LogP contribution in [0.2, 0.25) is 5.02 Å². The van der Waals surface area contributed by atoms with Gasteiger partial charge >= 0.3 is 0 Å². The van der Waals surface area contributed by atoms with Crippen LogP contribution in [0.5, 0.6) is 0 Å². The van der Waals surface area contributed by atoms with E-state index in [1.807, 2.05) is 43.7 Å². The fourth-order valence-corrected chi connectivity index (χ4v) is 4.79. The lowest BCUT2D eigenvalue weighted by Gasteiger charge is -2.27. The van der Waals surface area contributed by atoms with Crippen molar-refractivity contribution < 1.29 is 4.79 Å². The van der Waals surface area contributed by atoms with E-state index in [4.69, 9.17) is 11.6 Å². The Bertz CT molecular complexity index is 1190. The number of hydrogen-bond acceptors (Lipinski definition) is 6. The molecule has 1 amide bonds. The molecule has 0 bridgehead atoms. The first kappa shape index (κ1) is 24.1. The van der Waals surface area contributed by atoms with Crippen LogP contribution in [0, 0.1) is 11.8 Å². The number of carbonyl (C=O) groups is 1. The van der Waals surface area contributed by atoms with E-state index in [-0.39, 0.29) is 24.0 Å². The van der Waals surface area contributed by atoms with E-state index in [1.165, 1.54) is 0 Å². The number of pyridine rings is 1. The molecule has 180 valence electrons. The maximum atomic E-state index is 13.5. The van der Waals surface area contributed by atoms with E-state index >= 15 is 0 Å². The van der Waals surface area contributed by atoms with Crippen LogP contribution in [0.1, 0.15) is 73.5 Å². The number of carbonyl (C=O) groups excluding carboxylic acids is 1. The van der Waals surface area contributed by atoms with Crippen molar-refractivity contribution in [2.75, 3.05) is 5.32 Å². The number of halogens is 1. The molecule has 3 aromatic rings. The van der Waals surface area contributed by atoms with Crippen molar-refractivity contribution in [2.24, 2.45) is 5.18 Å². The highest BCUT2D eigenvalue weighted by atomic mass is 35.5. The van der Waals surface area contributed by atoms with Crippen LogP contribution < -0.4 is 10.6 Å². The van der Waals surface area contributed by atoms with Gasteiger partial charge in [0.05, 0.1) is 34.9 Å². The molecule has 1 aliphatic carbocycles. The van der Waals surface area contributed by atoms with Gasteiger partial charge in [0.2, 0.25) is 0 Å². The van der Waals surface area contributed by atoms with E-state index in [2.05, 4.69) is 25.9 Å². The summed E-state index contributed by atoms with van der Waals surface area (Å²) < 4.78 is 1.82. The van der Waals surface area contributed by atoms with Crippen molar-refractivity contribution in [2.45, 2.75) is 77.5 Å². The Hall–Kier alpha value is -3.00. The third kappa shape index (κ3) is 4.92. The predicted molar refractivity (Wildman–Crippen MR) is 135 cm³/mol. The fraction of sp³-hybridized carbons (Fsp3) is 0.480. The Kier molecular flexibility index (Phi) is 7.46. The molecule has 2 aromatic heterocycles. The van der Waals surface area contributed by atoms with Crippen molar-refractivity contribution in [3.8, 4) is 0 Å². The number of aromatic nitrogens is 3. The Labute approximate surface area is 204 Å². The largest absolute Gasteiger partial charge is 0.381 e. The number of aryl methyl sites for hydroxylation is 2. The number of hydrogen-bond donors (Lipinski definition) is 2. The molecule has 1 unspecified atom stereocenters. The van der Waals surface area contributed by atoms with Crippen molar-refractivity contribution in [3.63, 3.8) is 0 Å². The van der Waals surface area contributed by atoms with Gasteiger partial charge in [-0.1, -0.05) is 35.8 Å². The number of benzene rings is 1. The van der Waals surface area contributed by atoms with Gasteiger partial charge in [0, 0.05) is 23.8 Å². The number of nitrogens with one attached hydrogen (secondary N) is 2. The first-order valence-electron chi connectivity index (χ1n) is 12.0. The first-order valence-corrected chi connectivity index (χ1v) is 12.3. The van der Waals surface area contributed by atoms with Crippen LogP contribution in [-0.4, -0.2) is 32.8 Å². The minimum absolute atomic E-state index is 0.118. The SMILES string of the molecule is CCC(NC(=O)c1cnc2c(cnn2CC)c1NC1CCC(N=O)CC1)c1ccc(C)c(Cl)c1. The van der Waals surface area contributed by atoms with Gasteiger partial charge in [0.25, 0.3) is 5.91 Å². The molecule has 0 aliphatic heterocycles. The molecule has 2 heterocycles. The molecular formula is C25H31ClN6O2. The minimum Gasteiger partial charge on any atom is -0.381 e. The van der Waals surface area contributed by atoms with Gasteiger partial charge < -0.3 is 10.6 Å². The summed E-state index contributed by atoms with van der Waals surface area (Å²) in [5.41, 5.74) is 3.92. The number of nitroso groups, excluding NO2 is 1. The summed E-state index contributed by atoms with van der Waals surface area (Å²) in [6, 6.07) is 5.74. The second kappa shape index (κ2) is 10.5. The second-order valence-corrected chi connectivity index (χ2v) is 9.35. The molecule has 1 aliphatic rings. The Morgan fingerprint density at radius 1 is 1.24 bits per heavy atom. The molecular weight excluding hydrogens is 452 g/mol. The fourth-order valence-electron chi connectivity index (χ4n) is 4.60. The molecule has 8 nitrogen and oxygen atoms in total. The molecule has 9 heteroatoms. The standard InChI is InChI=1S/C25H31ClN6O2/c1-4-22(16-7-6-15(3)21(26)12-16)30-25(33)20-13-27-24-19(14-28-32(24)5-2)23(20)29-17-8-10-18(31-34)11-9-17/h6-7,12-14,17-18,22H,4-5,8-11H2,1-3H3,(H,27,29)(H,30,33). The summed E-state index contributed by atoms with van der Waals surface area (Å²) in [6.07, 6.45) is 7.25. The van der Waals surface area contributed by atoms with Gasteiger partial charge in [-0.25, -0.2) is 9.67 Å². The van der Waals surface area contributed by atoms with Gasteiger partial charge in [0.15, 0.2) is 5.65 Å². The van der Waals surface area contributed by atoms with Gasteiger partial charge in [-0.05, 0) is 63.1 Å². The van der Waals surface area contributed by atoms with Gasteiger partial charge in [-0.3, -0.25) is 4.79 Å². The monoisotopic (exact) mass is 482 g/mol. The molecule has 1 saturated carbocycles. The molecule has 1 atom stereocenters. The van der Waals surface area contributed by atoms with Crippen LogP contribution >= 0.6 is 11.6 Å². The zero-order chi connectivity index (χ0) is 24.2. The molecule has 0 spiro atoms. The van der Waals surface area contributed by atoms with Crippen molar-refractivity contribution in [1.29, 1.82) is 0 Å². The lowest BCUT2D eigenvalue weighted by atomic mass is 9.91. The number of rotatable bonds is 8. The van der Waals surface area contributed by atoms with Gasteiger partial charge in [-0.2, -0.15) is 10.0 Å². The van der Waals surface area contributed by atoms with E-state index in [1.54, 1.807) is 12.4 Å². The highest BCUT2D eigenvalue weighted by molar-refractivity contribution is 6.31. The maximum Gasteiger partial charge on any atom is 0.255 e. The summed E-state index contributed by atoms with van der Waals surface area (Å²) in [6.45, 7) is 6.68. The van der Waals surface area contributed by atoms with E-state index < -0.39 is 0 Å². The van der Waals surface area contributed by atoms with E-state index in [0.29, 0.717) is 17.1 Å². The number of nitrogens with zero attached hydrogens (tertiary/aromatic N) is 4. The molecule has 4 rings (SSSR count). The van der Waals surface area contributed by atoms with Crippen LogP contribution in [0.25, 0.3) is 11.0 Å². The third-order valence-corrected chi connectivity index (χ3v) is 7.12. The molecule has 1 fully saturated rings. The summed E-state index contributed by atoms with van der Waals surface area (Å²) in [4.78, 5) is 29.0. The maximum absolute atomic E-state index is 13.5. The summed E-state index contributed by atoms with van der Waals surface area (Å²) >= 11 is 6.34. The third-order valence-electron chi connectivity index (χ3n) is 6.72. The van der Waals surface area contributed by atoms with Crippen LogP contribution in [0.15, 0.2) is 35.8 Å². The molecule has 2 N–H and O–H groups in total. The number of amides is 1. The summed E-state index contributed by atoms with van der Waals surface area (Å²) in [5.74, 6) is -0.201. The zero-order valence-electron chi connectivity index (χ0n) is 19.8. The highest BCUT2D eigenvalue weighted by Gasteiger charge is 2.26. The van der Waals surface area contributed by atoms with E-state index in [0.717, 1.165) is 60.0 Å². The van der Waals surface area contributed by atoms with Crippen molar-refractivity contribution >= 4 is 34.2 Å². The summed E-state index contributed by atoms with van der Waals surface area (Å²) in [5, 5.41) is 15.9. The Morgan fingerprint density at radius 2 is 2.00 bits per heavy atom. The van der Waals surface area contributed by atoms with Gasteiger partial charge in [-0.15, -0.1) is 0 Å². The quantitative estimate of drug-likeness (QED) is 0.396. The minimum atomic E-state index is -0.201. The normalized spacial score (nSPS) is 19.1. The average molecular weight is 483 g/mol. The lowest BCUT2D eigenvalue weighted by Crippen LogP contribution is -2.31. The average Bonchev–Trinajstić information content (AvgIpc) is 3.28. The molecule has 0 radical (unpaired) electrons. The van der Waals surface area contributed by atoms with Crippen LogP contribution in [0.3, 0.4) is 0 Å². The first-order chi connectivity index (χ1) is 16.4. The summed E-state index contributed by atoms with van der Waals surface area (Å²) in [7, 11) is 0.